The predicted octanol–water partition coefficient (Wildman–Crippen LogP) is 9.83. The summed E-state index contributed by atoms with van der Waals surface area (Å²) in [6.45, 7) is 28.1. The number of rotatable bonds is 12. The van der Waals surface area contributed by atoms with Gasteiger partial charge in [-0.2, -0.15) is 0 Å². The fraction of sp³-hybridized carbons (Fsp3) is 0.929. The quantitative estimate of drug-likeness (QED) is 0.178. The Balaban J connectivity index is 3.68. The Bertz CT molecular complexity index is 751. The summed E-state index contributed by atoms with van der Waals surface area (Å²) in [5.41, 5.74) is 1.46. The van der Waals surface area contributed by atoms with Crippen molar-refractivity contribution in [2.45, 2.75) is 146 Å². The maximum Gasteiger partial charge on any atom is 0.346 e. The van der Waals surface area contributed by atoms with E-state index in [9.17, 15) is 9.13 Å². The van der Waals surface area contributed by atoms with Gasteiger partial charge in [-0.05, 0) is 97.3 Å². The first kappa shape index (κ1) is 34.1. The molecular weight excluding hydrogens is 494 g/mol. The lowest BCUT2D eigenvalue weighted by Crippen LogP contribution is -2.31. The molecule has 2 atom stereocenters. The first-order valence-electron chi connectivity index (χ1n) is 13.7. The molecule has 0 aromatic rings. The predicted molar refractivity (Wildman–Crippen MR) is 152 cm³/mol. The van der Waals surface area contributed by atoms with E-state index in [-0.39, 0.29) is 41.2 Å². The van der Waals surface area contributed by atoms with Gasteiger partial charge in [-0.15, -0.1) is 0 Å². The van der Waals surface area contributed by atoms with Gasteiger partial charge in [0.25, 0.3) is 0 Å². The van der Waals surface area contributed by atoms with Crippen molar-refractivity contribution < 1.29 is 27.2 Å². The first-order chi connectivity index (χ1) is 16.1. The van der Waals surface area contributed by atoms with Crippen LogP contribution in [0, 0.1) is 22.7 Å². The van der Waals surface area contributed by atoms with Gasteiger partial charge in [-0.1, -0.05) is 53.2 Å². The van der Waals surface area contributed by atoms with Crippen LogP contribution < -0.4 is 0 Å². The molecule has 2 unspecified atom stereocenters. The minimum absolute atomic E-state index is 0.0107. The summed E-state index contributed by atoms with van der Waals surface area (Å²) in [6, 6.07) is 0. The molecule has 8 heteroatoms. The van der Waals surface area contributed by atoms with E-state index in [1.807, 2.05) is 55.4 Å². The van der Waals surface area contributed by atoms with E-state index < -0.39 is 20.6 Å². The zero-order valence-electron chi connectivity index (χ0n) is 25.6. The van der Waals surface area contributed by atoms with E-state index >= 15 is 0 Å². The summed E-state index contributed by atoms with van der Waals surface area (Å²) < 4.78 is 53.3. The molecule has 0 bridgehead atoms. The molecule has 0 amide bonds. The highest BCUT2D eigenvalue weighted by Crippen LogP contribution is 2.74. The second-order valence-electron chi connectivity index (χ2n) is 13.6. The van der Waals surface area contributed by atoms with Crippen LogP contribution >= 0.6 is 15.2 Å². The van der Waals surface area contributed by atoms with E-state index in [2.05, 4.69) is 47.6 Å². The second kappa shape index (κ2) is 12.9. The van der Waals surface area contributed by atoms with Crippen LogP contribution in [0.5, 0.6) is 0 Å². The SMILES string of the molecule is CC(C)OP(=O)(OC(C)C)C(CC1CC(C(C)(C)C)=CC(C(C)(C)C)C1)P(=O)(OC(C)C)OC(C)C. The molecule has 214 valence electrons. The molecule has 0 N–H and O–H groups in total. The van der Waals surface area contributed by atoms with Crippen LogP contribution in [0.25, 0.3) is 0 Å². The summed E-state index contributed by atoms with van der Waals surface area (Å²) in [6.07, 6.45) is 3.09. The fourth-order valence-electron chi connectivity index (χ4n) is 4.71. The Kier molecular flexibility index (Phi) is 12.2. The van der Waals surface area contributed by atoms with Crippen LogP contribution in [-0.4, -0.2) is 29.8 Å². The van der Waals surface area contributed by atoms with Gasteiger partial charge in [0, 0.05) is 0 Å². The van der Waals surface area contributed by atoms with Crippen molar-refractivity contribution in [2.24, 2.45) is 22.7 Å². The highest BCUT2D eigenvalue weighted by atomic mass is 31.2. The van der Waals surface area contributed by atoms with Crippen LogP contribution in [0.1, 0.15) is 116 Å². The van der Waals surface area contributed by atoms with Gasteiger partial charge in [0.2, 0.25) is 0 Å². The van der Waals surface area contributed by atoms with Gasteiger partial charge in [0.15, 0.2) is 5.40 Å². The molecule has 6 nitrogen and oxygen atoms in total. The molecule has 0 saturated carbocycles. The van der Waals surface area contributed by atoms with Crippen molar-refractivity contribution >= 4 is 15.2 Å². The lowest BCUT2D eigenvalue weighted by molar-refractivity contribution is 0.117. The second-order valence-corrected chi connectivity index (χ2v) is 18.3. The molecule has 0 heterocycles. The monoisotopic (exact) mass is 550 g/mol. The van der Waals surface area contributed by atoms with Crippen LogP contribution in [0.3, 0.4) is 0 Å². The molecule has 0 spiro atoms. The molecule has 1 aliphatic rings. The molecule has 0 fully saturated rings. The molecule has 0 radical (unpaired) electrons. The molecule has 0 aromatic heterocycles. The summed E-state index contributed by atoms with van der Waals surface area (Å²) in [7, 11) is -7.79. The number of hydrogen-bond acceptors (Lipinski definition) is 6. The average Bonchev–Trinajstić information content (AvgIpc) is 2.61. The van der Waals surface area contributed by atoms with Crippen LogP contribution in [0.4, 0.5) is 0 Å². The van der Waals surface area contributed by atoms with Crippen LogP contribution in [-0.2, 0) is 27.2 Å². The van der Waals surface area contributed by atoms with Crippen LogP contribution in [0.2, 0.25) is 0 Å². The summed E-state index contributed by atoms with van der Waals surface area (Å²) in [5.74, 6) is 0.483. The van der Waals surface area contributed by atoms with Gasteiger partial charge in [0.05, 0.1) is 24.4 Å². The topological polar surface area (TPSA) is 71.1 Å². The molecule has 1 rings (SSSR count). The van der Waals surface area contributed by atoms with Crippen LogP contribution in [0.15, 0.2) is 11.6 Å². The van der Waals surface area contributed by atoms with Crippen molar-refractivity contribution in [1.82, 2.24) is 0 Å². The van der Waals surface area contributed by atoms with Crippen molar-refractivity contribution in [3.8, 4) is 0 Å². The van der Waals surface area contributed by atoms with Crippen molar-refractivity contribution in [3.05, 3.63) is 11.6 Å². The Morgan fingerprint density at radius 1 is 0.750 bits per heavy atom. The molecule has 0 saturated heterocycles. The minimum Gasteiger partial charge on any atom is -0.305 e. The molecule has 36 heavy (non-hydrogen) atoms. The summed E-state index contributed by atoms with van der Waals surface area (Å²) >= 11 is 0. The van der Waals surface area contributed by atoms with Gasteiger partial charge < -0.3 is 18.1 Å². The van der Waals surface area contributed by atoms with E-state index in [1.165, 1.54) is 5.57 Å². The molecule has 0 aliphatic heterocycles. The lowest BCUT2D eigenvalue weighted by atomic mass is 9.66. The maximum absolute atomic E-state index is 14.6. The highest BCUT2D eigenvalue weighted by Gasteiger charge is 2.54. The highest BCUT2D eigenvalue weighted by molar-refractivity contribution is 7.72. The Morgan fingerprint density at radius 2 is 1.11 bits per heavy atom. The molecular formula is C28H56O6P2. The standard InChI is InChI=1S/C28H56O6P2/c1-19(2)31-35(29,32-20(3)4)26(36(30,33-21(5)6)34-22(7)8)17-23-15-24(27(9,10)11)18-25(16-23)28(12,13)14/h18-24,26H,15-17H2,1-14H3. The fourth-order valence-corrected chi connectivity index (χ4v) is 10.9. The summed E-state index contributed by atoms with van der Waals surface area (Å²) in [5, 5.41) is -1.01. The van der Waals surface area contributed by atoms with Crippen molar-refractivity contribution in [2.75, 3.05) is 0 Å². The van der Waals surface area contributed by atoms with E-state index in [0.717, 1.165) is 12.8 Å². The van der Waals surface area contributed by atoms with Gasteiger partial charge >= 0.3 is 15.2 Å². The zero-order chi connectivity index (χ0) is 28.3. The van der Waals surface area contributed by atoms with E-state index in [0.29, 0.717) is 12.3 Å². The normalized spacial score (nSPS) is 20.8. The Morgan fingerprint density at radius 3 is 1.39 bits per heavy atom. The smallest absolute Gasteiger partial charge is 0.305 e. The summed E-state index contributed by atoms with van der Waals surface area (Å²) in [4.78, 5) is 0. The third kappa shape index (κ3) is 10.3. The first-order valence-corrected chi connectivity index (χ1v) is 17.0. The lowest BCUT2D eigenvalue weighted by Gasteiger charge is -2.42. The van der Waals surface area contributed by atoms with Gasteiger partial charge in [-0.25, -0.2) is 0 Å². The van der Waals surface area contributed by atoms with Crippen molar-refractivity contribution in [3.63, 3.8) is 0 Å². The Labute approximate surface area is 222 Å². The third-order valence-electron chi connectivity index (χ3n) is 6.28. The maximum atomic E-state index is 14.6. The number of allylic oxidation sites excluding steroid dienone is 2. The third-order valence-corrected chi connectivity index (χ3v) is 12.7. The molecule has 0 aromatic carbocycles. The van der Waals surface area contributed by atoms with Gasteiger partial charge in [0.1, 0.15) is 0 Å². The zero-order valence-corrected chi connectivity index (χ0v) is 27.4. The largest absolute Gasteiger partial charge is 0.346 e. The van der Waals surface area contributed by atoms with Gasteiger partial charge in [-0.3, -0.25) is 9.13 Å². The average molecular weight is 551 g/mol. The number of hydrogen-bond donors (Lipinski definition) is 0. The van der Waals surface area contributed by atoms with E-state index in [4.69, 9.17) is 18.1 Å². The molecule has 1 aliphatic carbocycles. The Hall–Kier alpha value is 0.0400. The minimum atomic E-state index is -3.90. The van der Waals surface area contributed by atoms with E-state index in [1.54, 1.807) is 0 Å². The van der Waals surface area contributed by atoms with Crippen molar-refractivity contribution in [1.29, 1.82) is 0 Å².